The fourth-order valence-electron chi connectivity index (χ4n) is 5.62. The second-order valence-corrected chi connectivity index (χ2v) is 12.8. The Labute approximate surface area is 267 Å². The van der Waals surface area contributed by atoms with Gasteiger partial charge in [0.2, 0.25) is 17.7 Å². The number of aryl methyl sites for hydroxylation is 1. The summed E-state index contributed by atoms with van der Waals surface area (Å²) in [5.41, 5.74) is 3.03. The Morgan fingerprint density at radius 1 is 0.911 bits per heavy atom. The lowest BCUT2D eigenvalue weighted by Gasteiger charge is -2.30. The topological polar surface area (TPSA) is 124 Å². The van der Waals surface area contributed by atoms with E-state index in [9.17, 15) is 24.0 Å². The van der Waals surface area contributed by atoms with Gasteiger partial charge in [-0.15, -0.1) is 0 Å². The van der Waals surface area contributed by atoms with E-state index in [4.69, 9.17) is 9.47 Å². The van der Waals surface area contributed by atoms with Gasteiger partial charge in [0.1, 0.15) is 17.5 Å². The number of benzene rings is 3. The summed E-state index contributed by atoms with van der Waals surface area (Å²) in [5, 5.41) is 2.48. The molecule has 2 unspecified atom stereocenters. The van der Waals surface area contributed by atoms with Gasteiger partial charge in [-0.05, 0) is 67.9 Å². The quantitative estimate of drug-likeness (QED) is 0.214. The molecule has 12 heteroatoms. The Morgan fingerprint density at radius 2 is 1.60 bits per heavy atom. The molecule has 0 aliphatic carbocycles. The highest BCUT2D eigenvalue weighted by Crippen LogP contribution is 2.54. The van der Waals surface area contributed by atoms with Crippen molar-refractivity contribution in [2.75, 3.05) is 23.9 Å². The molecule has 2 aliphatic heterocycles. The molecule has 0 radical (unpaired) electrons. The van der Waals surface area contributed by atoms with Gasteiger partial charge in [0, 0.05) is 16.5 Å². The van der Waals surface area contributed by atoms with Crippen molar-refractivity contribution in [2.24, 2.45) is 5.92 Å². The fraction of sp³-hybridized carbons (Fsp3) is 0.242. The van der Waals surface area contributed by atoms with Crippen LogP contribution in [0, 0.1) is 12.8 Å². The number of nitrogens with one attached hydrogen (secondary N) is 1. The zero-order valence-corrected chi connectivity index (χ0v) is 26.3. The molecule has 3 atom stereocenters. The molecule has 3 amide bonds. The van der Waals surface area contributed by atoms with Crippen LogP contribution in [-0.4, -0.2) is 47.2 Å². The largest absolute Gasteiger partial charge is 0.497 e. The van der Waals surface area contributed by atoms with Gasteiger partial charge in [-0.2, -0.15) is 0 Å². The number of hydrogen-bond acceptors (Lipinski definition) is 9. The number of fused-ring (bicyclic) bond motifs is 2. The van der Waals surface area contributed by atoms with E-state index in [0.717, 1.165) is 39.1 Å². The van der Waals surface area contributed by atoms with Crippen molar-refractivity contribution in [1.29, 1.82) is 0 Å². The first-order chi connectivity index (χ1) is 21.7. The van der Waals surface area contributed by atoms with Gasteiger partial charge < -0.3 is 14.8 Å². The van der Waals surface area contributed by atoms with Gasteiger partial charge in [-0.1, -0.05) is 52.9 Å². The standard InChI is InChI=1S/C33H29N3O7S2/c1-4-43-32(40)20-7-13-22(14-8-20)36-29(38)26-25(19-9-15-23(42-3)16-10-19)28-31(44-27(26)30(36)39)35(33(41)45-28)17-24(37)34-21-11-5-18(2)6-12-21/h5-16,25-27H,4,17H2,1-3H3,(H,34,37)/t25-,26?,27?/m1/s1. The molecule has 0 saturated carbocycles. The van der Waals surface area contributed by atoms with Gasteiger partial charge in [-0.25, -0.2) is 9.69 Å². The second kappa shape index (κ2) is 12.4. The maximum atomic E-state index is 14.1. The number of anilines is 2. The molecule has 0 bridgehead atoms. The fourth-order valence-corrected chi connectivity index (χ4v) is 8.40. The highest BCUT2D eigenvalue weighted by molar-refractivity contribution is 8.00. The normalized spacial score (nSPS) is 18.7. The molecule has 230 valence electrons. The van der Waals surface area contributed by atoms with Crippen LogP contribution in [0.4, 0.5) is 11.4 Å². The maximum absolute atomic E-state index is 14.1. The van der Waals surface area contributed by atoms with Crippen LogP contribution in [0.25, 0.3) is 0 Å². The van der Waals surface area contributed by atoms with Crippen molar-refractivity contribution in [3.05, 3.63) is 104 Å². The van der Waals surface area contributed by atoms with Crippen molar-refractivity contribution < 1.29 is 28.7 Å². The van der Waals surface area contributed by atoms with Gasteiger partial charge in [0.25, 0.3) is 0 Å². The Bertz CT molecular complexity index is 1850. The summed E-state index contributed by atoms with van der Waals surface area (Å²) in [6, 6.07) is 20.7. The van der Waals surface area contributed by atoms with E-state index in [2.05, 4.69) is 5.32 Å². The molecular weight excluding hydrogens is 615 g/mol. The molecule has 3 aromatic carbocycles. The molecule has 10 nitrogen and oxygen atoms in total. The molecule has 1 saturated heterocycles. The average molecular weight is 644 g/mol. The zero-order valence-electron chi connectivity index (χ0n) is 24.6. The van der Waals surface area contributed by atoms with Crippen molar-refractivity contribution in [3.63, 3.8) is 0 Å². The number of esters is 1. The summed E-state index contributed by atoms with van der Waals surface area (Å²) in [6.45, 7) is 3.63. The van der Waals surface area contributed by atoms with Crippen LogP contribution in [0.5, 0.6) is 5.75 Å². The third-order valence-electron chi connectivity index (χ3n) is 7.80. The molecule has 0 spiro atoms. The first-order valence-corrected chi connectivity index (χ1v) is 16.0. The van der Waals surface area contributed by atoms with E-state index in [-0.39, 0.29) is 23.9 Å². The van der Waals surface area contributed by atoms with Crippen LogP contribution in [0.2, 0.25) is 0 Å². The number of methoxy groups -OCH3 is 1. The Kier molecular flexibility index (Phi) is 8.34. The van der Waals surface area contributed by atoms with Crippen LogP contribution in [-0.2, 0) is 25.7 Å². The summed E-state index contributed by atoms with van der Waals surface area (Å²) >= 11 is 2.12. The molecule has 45 heavy (non-hydrogen) atoms. The first kappa shape index (κ1) is 30.4. The molecule has 1 N–H and O–H groups in total. The number of rotatable bonds is 8. The minimum atomic E-state index is -0.845. The molecular formula is C33H29N3O7S2. The molecule has 2 aliphatic rings. The van der Waals surface area contributed by atoms with Crippen molar-refractivity contribution in [2.45, 2.75) is 36.6 Å². The monoisotopic (exact) mass is 643 g/mol. The van der Waals surface area contributed by atoms with E-state index in [1.54, 1.807) is 50.4 Å². The molecule has 3 heterocycles. The SMILES string of the molecule is CCOC(=O)c1ccc(N2C(=O)C3Sc4c(sc(=O)n4CC(=O)Nc4ccc(C)cc4)[C@H](c4ccc(OC)cc4)C3C2=O)cc1. The highest BCUT2D eigenvalue weighted by atomic mass is 32.2. The molecule has 6 rings (SSSR count). The number of carbonyl (C=O) groups is 4. The summed E-state index contributed by atoms with van der Waals surface area (Å²) < 4.78 is 11.8. The van der Waals surface area contributed by atoms with Gasteiger partial charge in [-0.3, -0.25) is 23.7 Å². The number of imide groups is 1. The highest BCUT2D eigenvalue weighted by Gasteiger charge is 2.56. The number of nitrogens with zero attached hydrogens (tertiary/aromatic N) is 2. The number of thiazole rings is 1. The number of aromatic nitrogens is 1. The predicted octanol–water partition coefficient (Wildman–Crippen LogP) is 4.84. The van der Waals surface area contributed by atoms with E-state index in [1.165, 1.54) is 16.7 Å². The Morgan fingerprint density at radius 3 is 2.24 bits per heavy atom. The average Bonchev–Trinajstić information content (AvgIpc) is 3.48. The smallest absolute Gasteiger partial charge is 0.338 e. The van der Waals surface area contributed by atoms with E-state index in [0.29, 0.717) is 32.6 Å². The van der Waals surface area contributed by atoms with Crippen LogP contribution in [0.3, 0.4) is 0 Å². The van der Waals surface area contributed by atoms with E-state index in [1.807, 2.05) is 31.2 Å². The number of amides is 3. The third-order valence-corrected chi connectivity index (χ3v) is 10.4. The molecule has 4 aromatic rings. The minimum absolute atomic E-state index is 0.222. The summed E-state index contributed by atoms with van der Waals surface area (Å²) in [6.07, 6.45) is 0. The number of ether oxygens (including phenoxy) is 2. The summed E-state index contributed by atoms with van der Waals surface area (Å²) in [4.78, 5) is 68.1. The number of hydrogen-bond donors (Lipinski definition) is 1. The first-order valence-electron chi connectivity index (χ1n) is 14.3. The number of thioether (sulfide) groups is 1. The molecule has 1 aromatic heterocycles. The van der Waals surface area contributed by atoms with Gasteiger partial charge >= 0.3 is 10.8 Å². The lowest BCUT2D eigenvalue weighted by Crippen LogP contribution is -2.33. The lowest BCUT2D eigenvalue weighted by molar-refractivity contribution is -0.122. The lowest BCUT2D eigenvalue weighted by atomic mass is 9.83. The van der Waals surface area contributed by atoms with Crippen LogP contribution >= 0.6 is 23.1 Å². The van der Waals surface area contributed by atoms with Gasteiger partial charge in [0.15, 0.2) is 0 Å². The van der Waals surface area contributed by atoms with Gasteiger partial charge in [0.05, 0.1) is 35.9 Å². The van der Waals surface area contributed by atoms with Crippen LogP contribution in [0.1, 0.15) is 39.2 Å². The zero-order chi connectivity index (χ0) is 31.8. The van der Waals surface area contributed by atoms with Crippen molar-refractivity contribution >= 4 is 58.2 Å². The van der Waals surface area contributed by atoms with Crippen LogP contribution < -0.4 is 19.8 Å². The van der Waals surface area contributed by atoms with E-state index >= 15 is 0 Å². The van der Waals surface area contributed by atoms with E-state index < -0.39 is 34.9 Å². The minimum Gasteiger partial charge on any atom is -0.497 e. The Hall–Kier alpha value is -4.68. The third kappa shape index (κ3) is 5.67. The van der Waals surface area contributed by atoms with Crippen molar-refractivity contribution in [3.8, 4) is 5.75 Å². The predicted molar refractivity (Wildman–Crippen MR) is 171 cm³/mol. The van der Waals surface area contributed by atoms with Crippen LogP contribution in [0.15, 0.2) is 82.6 Å². The maximum Gasteiger partial charge on any atom is 0.338 e. The Balaban J connectivity index is 1.37. The molecule has 1 fully saturated rings. The number of carbonyl (C=O) groups excluding carboxylic acids is 4. The summed E-state index contributed by atoms with van der Waals surface area (Å²) in [5.74, 6) is -2.52. The van der Waals surface area contributed by atoms with Crippen molar-refractivity contribution in [1.82, 2.24) is 4.57 Å². The second-order valence-electron chi connectivity index (χ2n) is 10.6. The summed E-state index contributed by atoms with van der Waals surface area (Å²) in [7, 11) is 1.55.